The number of aromatic carboxylic acids is 1. The topological polar surface area (TPSA) is 87.7 Å². The maximum atomic E-state index is 11.8. The Kier molecular flexibility index (Phi) is 5.16. The summed E-state index contributed by atoms with van der Waals surface area (Å²) in [5.41, 5.74) is 1.08. The molecule has 21 heavy (non-hydrogen) atoms. The third-order valence-electron chi connectivity index (χ3n) is 3.54. The molecule has 2 unspecified atom stereocenters. The van der Waals surface area contributed by atoms with Crippen molar-refractivity contribution in [1.29, 1.82) is 0 Å². The van der Waals surface area contributed by atoms with Gasteiger partial charge in [0.25, 0.3) is 0 Å². The molecule has 2 amide bonds. The van der Waals surface area contributed by atoms with Crippen LogP contribution in [0.1, 0.15) is 35.7 Å². The second-order valence-corrected chi connectivity index (χ2v) is 5.17. The number of ether oxygens (including phenoxy) is 1. The zero-order valence-corrected chi connectivity index (χ0v) is 12.0. The Labute approximate surface area is 123 Å². The molecule has 1 aliphatic heterocycles. The highest BCUT2D eigenvalue weighted by molar-refractivity contribution is 5.87. The summed E-state index contributed by atoms with van der Waals surface area (Å²) in [5, 5.41) is 14.4. The fourth-order valence-corrected chi connectivity index (χ4v) is 2.30. The fraction of sp³-hybridized carbons (Fsp3) is 0.467. The number of hydrogen-bond acceptors (Lipinski definition) is 3. The van der Waals surface area contributed by atoms with Crippen molar-refractivity contribution in [2.75, 3.05) is 6.61 Å². The highest BCUT2D eigenvalue weighted by atomic mass is 16.5. The quantitative estimate of drug-likeness (QED) is 0.771. The highest BCUT2D eigenvalue weighted by Gasteiger charge is 2.23. The molecule has 2 rings (SSSR count). The van der Waals surface area contributed by atoms with Gasteiger partial charge in [-0.3, -0.25) is 0 Å². The van der Waals surface area contributed by atoms with E-state index in [9.17, 15) is 9.59 Å². The van der Waals surface area contributed by atoms with Crippen LogP contribution in [0.2, 0.25) is 0 Å². The summed E-state index contributed by atoms with van der Waals surface area (Å²) in [5.74, 6) is -0.961. The molecule has 114 valence electrons. The molecular formula is C15H20N2O4. The van der Waals surface area contributed by atoms with Crippen LogP contribution in [-0.4, -0.2) is 35.9 Å². The SMILES string of the molecule is CC(NC(=O)NCc1ccc(C(=O)O)cc1)C1CCCO1. The Morgan fingerprint density at radius 1 is 1.38 bits per heavy atom. The Bertz CT molecular complexity index is 495. The molecule has 0 bridgehead atoms. The molecule has 0 aliphatic carbocycles. The van der Waals surface area contributed by atoms with E-state index in [-0.39, 0.29) is 23.7 Å². The number of nitrogens with one attached hydrogen (secondary N) is 2. The van der Waals surface area contributed by atoms with E-state index in [2.05, 4.69) is 10.6 Å². The molecule has 1 aromatic carbocycles. The first-order valence-corrected chi connectivity index (χ1v) is 7.04. The van der Waals surface area contributed by atoms with E-state index < -0.39 is 5.97 Å². The molecule has 6 nitrogen and oxygen atoms in total. The minimum Gasteiger partial charge on any atom is -0.478 e. The van der Waals surface area contributed by atoms with Crippen LogP contribution in [0, 0.1) is 0 Å². The highest BCUT2D eigenvalue weighted by Crippen LogP contribution is 2.15. The number of benzene rings is 1. The van der Waals surface area contributed by atoms with Crippen LogP contribution in [0.15, 0.2) is 24.3 Å². The van der Waals surface area contributed by atoms with Gasteiger partial charge in [-0.1, -0.05) is 12.1 Å². The van der Waals surface area contributed by atoms with Gasteiger partial charge in [0.05, 0.1) is 17.7 Å². The number of hydrogen-bond donors (Lipinski definition) is 3. The van der Waals surface area contributed by atoms with Crippen molar-refractivity contribution in [3.05, 3.63) is 35.4 Å². The van der Waals surface area contributed by atoms with Gasteiger partial charge in [0.15, 0.2) is 0 Å². The molecule has 0 spiro atoms. The minimum atomic E-state index is -0.961. The Morgan fingerprint density at radius 3 is 2.67 bits per heavy atom. The number of carbonyl (C=O) groups is 2. The first-order valence-electron chi connectivity index (χ1n) is 7.04. The van der Waals surface area contributed by atoms with E-state index in [1.807, 2.05) is 6.92 Å². The Hall–Kier alpha value is -2.08. The standard InChI is InChI=1S/C15H20N2O4/c1-10(13-3-2-8-21-13)17-15(20)16-9-11-4-6-12(7-5-11)14(18)19/h4-7,10,13H,2-3,8-9H2,1H3,(H,18,19)(H2,16,17,20). The van der Waals surface area contributed by atoms with Crippen molar-refractivity contribution in [1.82, 2.24) is 10.6 Å². The van der Waals surface area contributed by atoms with E-state index in [0.717, 1.165) is 25.0 Å². The molecule has 0 radical (unpaired) electrons. The second kappa shape index (κ2) is 7.08. The monoisotopic (exact) mass is 292 g/mol. The van der Waals surface area contributed by atoms with Crippen LogP contribution < -0.4 is 10.6 Å². The zero-order valence-electron chi connectivity index (χ0n) is 12.0. The van der Waals surface area contributed by atoms with Crippen molar-refractivity contribution in [2.45, 2.75) is 38.5 Å². The van der Waals surface area contributed by atoms with Crippen molar-refractivity contribution >= 4 is 12.0 Å². The van der Waals surface area contributed by atoms with Crippen LogP contribution in [0.25, 0.3) is 0 Å². The number of carbonyl (C=O) groups excluding carboxylic acids is 1. The van der Waals surface area contributed by atoms with Gasteiger partial charge in [-0.25, -0.2) is 9.59 Å². The molecule has 6 heteroatoms. The molecule has 1 heterocycles. The summed E-state index contributed by atoms with van der Waals surface area (Å²) in [7, 11) is 0. The van der Waals surface area contributed by atoms with Gasteiger partial charge in [-0.15, -0.1) is 0 Å². The molecule has 3 N–H and O–H groups in total. The predicted octanol–water partition coefficient (Wildman–Crippen LogP) is 1.75. The summed E-state index contributed by atoms with van der Waals surface area (Å²) < 4.78 is 5.52. The zero-order chi connectivity index (χ0) is 15.2. The third kappa shape index (κ3) is 4.46. The number of amides is 2. The molecule has 2 atom stereocenters. The molecular weight excluding hydrogens is 272 g/mol. The lowest BCUT2D eigenvalue weighted by atomic mass is 10.1. The number of rotatable bonds is 5. The molecule has 1 fully saturated rings. The number of urea groups is 1. The molecule has 1 saturated heterocycles. The van der Waals surface area contributed by atoms with Crippen molar-refractivity contribution in [2.24, 2.45) is 0 Å². The summed E-state index contributed by atoms with van der Waals surface area (Å²) >= 11 is 0. The van der Waals surface area contributed by atoms with Gasteiger partial charge in [0.1, 0.15) is 0 Å². The van der Waals surface area contributed by atoms with Gasteiger partial charge in [0, 0.05) is 13.2 Å². The average Bonchev–Trinajstić information content (AvgIpc) is 3.00. The van der Waals surface area contributed by atoms with Gasteiger partial charge < -0.3 is 20.5 Å². The second-order valence-electron chi connectivity index (χ2n) is 5.17. The number of carboxylic acids is 1. The fourth-order valence-electron chi connectivity index (χ4n) is 2.30. The first kappa shape index (κ1) is 15.3. The summed E-state index contributed by atoms with van der Waals surface area (Å²) in [6.45, 7) is 3.04. The molecule has 0 aromatic heterocycles. The number of carboxylic acid groups (broad SMARTS) is 1. The predicted molar refractivity (Wildman–Crippen MR) is 77.2 cm³/mol. The van der Waals surface area contributed by atoms with Crippen molar-refractivity contribution in [3.8, 4) is 0 Å². The van der Waals surface area contributed by atoms with Gasteiger partial charge in [-0.05, 0) is 37.5 Å². The summed E-state index contributed by atoms with van der Waals surface area (Å²) in [6.07, 6.45) is 2.09. The summed E-state index contributed by atoms with van der Waals surface area (Å²) in [4.78, 5) is 22.5. The Morgan fingerprint density at radius 2 is 2.10 bits per heavy atom. The first-order chi connectivity index (χ1) is 10.1. The van der Waals surface area contributed by atoms with E-state index in [1.54, 1.807) is 12.1 Å². The van der Waals surface area contributed by atoms with Crippen molar-refractivity contribution < 1.29 is 19.4 Å². The lowest BCUT2D eigenvalue weighted by molar-refractivity contribution is 0.0697. The average molecular weight is 292 g/mol. The normalized spacial score (nSPS) is 19.0. The molecule has 1 aliphatic rings. The van der Waals surface area contributed by atoms with Crippen LogP contribution in [0.5, 0.6) is 0 Å². The summed E-state index contributed by atoms with van der Waals surface area (Å²) in [6, 6.07) is 6.14. The van der Waals surface area contributed by atoms with Gasteiger partial charge >= 0.3 is 12.0 Å². The van der Waals surface area contributed by atoms with Gasteiger partial charge in [-0.2, -0.15) is 0 Å². The van der Waals surface area contributed by atoms with E-state index in [1.165, 1.54) is 12.1 Å². The lowest BCUT2D eigenvalue weighted by Crippen LogP contribution is -2.45. The Balaban J connectivity index is 1.76. The van der Waals surface area contributed by atoms with E-state index in [0.29, 0.717) is 6.54 Å². The molecule has 1 aromatic rings. The van der Waals surface area contributed by atoms with Gasteiger partial charge in [0.2, 0.25) is 0 Å². The smallest absolute Gasteiger partial charge is 0.335 e. The molecule has 0 saturated carbocycles. The lowest BCUT2D eigenvalue weighted by Gasteiger charge is -2.20. The van der Waals surface area contributed by atoms with Crippen molar-refractivity contribution in [3.63, 3.8) is 0 Å². The third-order valence-corrected chi connectivity index (χ3v) is 3.54. The minimum absolute atomic E-state index is 0.0260. The van der Waals surface area contributed by atoms with Crippen LogP contribution >= 0.6 is 0 Å². The maximum Gasteiger partial charge on any atom is 0.335 e. The van der Waals surface area contributed by atoms with E-state index in [4.69, 9.17) is 9.84 Å². The van der Waals surface area contributed by atoms with Crippen LogP contribution in [-0.2, 0) is 11.3 Å². The van der Waals surface area contributed by atoms with Crippen LogP contribution in [0.3, 0.4) is 0 Å². The largest absolute Gasteiger partial charge is 0.478 e. The maximum absolute atomic E-state index is 11.8. The van der Waals surface area contributed by atoms with Crippen LogP contribution in [0.4, 0.5) is 4.79 Å². The van der Waals surface area contributed by atoms with E-state index >= 15 is 0 Å².